The third-order valence-electron chi connectivity index (χ3n) is 4.06. The number of nitrogens with zero attached hydrogens (tertiary/aromatic N) is 3. The highest BCUT2D eigenvalue weighted by Crippen LogP contribution is 2.33. The van der Waals surface area contributed by atoms with Crippen LogP contribution in [-0.2, 0) is 7.05 Å². The van der Waals surface area contributed by atoms with Crippen LogP contribution in [0, 0.1) is 5.82 Å². The molecule has 2 heterocycles. The maximum atomic E-state index is 13.1. The van der Waals surface area contributed by atoms with E-state index < -0.39 is 6.10 Å². The van der Waals surface area contributed by atoms with Gasteiger partial charge in [0.25, 0.3) is 5.91 Å². The van der Waals surface area contributed by atoms with Crippen molar-refractivity contribution in [3.63, 3.8) is 0 Å². The van der Waals surface area contributed by atoms with Crippen molar-refractivity contribution in [3.05, 3.63) is 47.4 Å². The molecule has 1 fully saturated rings. The maximum Gasteiger partial charge on any atom is 0.275 e. The quantitative estimate of drug-likeness (QED) is 0.931. The summed E-state index contributed by atoms with van der Waals surface area (Å²) >= 11 is 0. The predicted octanol–water partition coefficient (Wildman–Crippen LogP) is 1.52. The summed E-state index contributed by atoms with van der Waals surface area (Å²) in [6.07, 6.45) is -0.193. The Morgan fingerprint density at radius 1 is 1.39 bits per heavy atom. The van der Waals surface area contributed by atoms with Gasteiger partial charge in [-0.2, -0.15) is 5.10 Å². The van der Waals surface area contributed by atoms with Gasteiger partial charge in [-0.15, -0.1) is 0 Å². The number of benzene rings is 1. The number of likely N-dealkylation sites (tertiary alicyclic amines) is 1. The van der Waals surface area contributed by atoms with Crippen LogP contribution in [-0.4, -0.2) is 45.5 Å². The summed E-state index contributed by atoms with van der Waals surface area (Å²) in [6, 6.07) is 7.24. The number of amides is 1. The molecule has 1 amide bonds. The summed E-state index contributed by atoms with van der Waals surface area (Å²) in [7, 11) is 3.19. The molecule has 1 aromatic heterocycles. The highest BCUT2D eigenvalue weighted by atomic mass is 19.1. The molecule has 1 saturated heterocycles. The molecule has 2 aromatic rings. The fourth-order valence-corrected chi connectivity index (χ4v) is 2.93. The summed E-state index contributed by atoms with van der Waals surface area (Å²) in [5.74, 6) is -0.138. The lowest BCUT2D eigenvalue weighted by Gasteiger charge is -2.23. The van der Waals surface area contributed by atoms with Crippen LogP contribution in [0.3, 0.4) is 0 Å². The normalized spacial score (nSPS) is 20.8. The first kappa shape index (κ1) is 15.5. The van der Waals surface area contributed by atoms with Gasteiger partial charge in [0, 0.05) is 19.7 Å². The van der Waals surface area contributed by atoms with Crippen molar-refractivity contribution in [1.29, 1.82) is 0 Å². The van der Waals surface area contributed by atoms with Gasteiger partial charge < -0.3 is 14.7 Å². The van der Waals surface area contributed by atoms with Gasteiger partial charge in [-0.05, 0) is 24.1 Å². The highest BCUT2D eigenvalue weighted by Gasteiger charge is 2.36. The Bertz CT molecular complexity index is 714. The third-order valence-corrected chi connectivity index (χ3v) is 4.06. The minimum atomic E-state index is -0.611. The SMILES string of the molecule is COc1cc(C(=O)N2C[C@H](O)C[C@H]2c2ccc(F)cc2)nn1C. The molecule has 6 nitrogen and oxygen atoms in total. The minimum absolute atomic E-state index is 0.222. The molecule has 2 atom stereocenters. The third kappa shape index (κ3) is 2.92. The van der Waals surface area contributed by atoms with Crippen LogP contribution in [0.1, 0.15) is 28.5 Å². The molecule has 0 saturated carbocycles. The number of aliphatic hydroxyl groups excluding tert-OH is 1. The summed E-state index contributed by atoms with van der Waals surface area (Å²) in [5, 5.41) is 14.1. The van der Waals surface area contributed by atoms with Gasteiger partial charge in [-0.1, -0.05) is 12.1 Å². The number of aromatic nitrogens is 2. The smallest absolute Gasteiger partial charge is 0.275 e. The van der Waals surface area contributed by atoms with E-state index in [1.165, 1.54) is 23.9 Å². The number of β-amino-alcohol motifs (C(OH)–C–C–N with tert-alkyl or cyclic N) is 1. The number of rotatable bonds is 3. The van der Waals surface area contributed by atoms with Crippen molar-refractivity contribution in [3.8, 4) is 5.88 Å². The number of aryl methyl sites for hydroxylation is 1. The zero-order valence-electron chi connectivity index (χ0n) is 12.9. The Hall–Kier alpha value is -2.41. The molecule has 0 radical (unpaired) electrons. The molecule has 7 heteroatoms. The van der Waals surface area contributed by atoms with Crippen LogP contribution in [0.15, 0.2) is 30.3 Å². The van der Waals surface area contributed by atoms with Crippen LogP contribution < -0.4 is 4.74 Å². The second-order valence-corrected chi connectivity index (χ2v) is 5.61. The number of carbonyl (C=O) groups is 1. The van der Waals surface area contributed by atoms with Gasteiger partial charge in [-0.3, -0.25) is 4.79 Å². The number of carbonyl (C=O) groups excluding carboxylic acids is 1. The van der Waals surface area contributed by atoms with E-state index in [0.29, 0.717) is 12.3 Å². The molecule has 1 aliphatic rings. The van der Waals surface area contributed by atoms with Crippen LogP contribution in [0.4, 0.5) is 4.39 Å². The molecule has 0 spiro atoms. The number of hydrogen-bond donors (Lipinski definition) is 1. The molecule has 0 bridgehead atoms. The van der Waals surface area contributed by atoms with E-state index >= 15 is 0 Å². The van der Waals surface area contributed by atoms with E-state index in [2.05, 4.69) is 5.10 Å². The molecule has 23 heavy (non-hydrogen) atoms. The van der Waals surface area contributed by atoms with E-state index in [0.717, 1.165) is 5.56 Å². The van der Waals surface area contributed by atoms with Gasteiger partial charge >= 0.3 is 0 Å². The van der Waals surface area contributed by atoms with Gasteiger partial charge in [0.1, 0.15) is 5.82 Å². The molecule has 3 rings (SSSR count). The number of methoxy groups -OCH3 is 1. The van der Waals surface area contributed by atoms with E-state index in [1.807, 2.05) is 0 Å². The van der Waals surface area contributed by atoms with Gasteiger partial charge in [0.15, 0.2) is 5.69 Å². The standard InChI is InChI=1S/C16H18FN3O3/c1-19-15(23-2)8-13(18-19)16(22)20-9-12(21)7-14(20)10-3-5-11(17)6-4-10/h3-6,8,12,14,21H,7,9H2,1-2H3/t12-,14+/m1/s1. The molecular weight excluding hydrogens is 301 g/mol. The Balaban J connectivity index is 1.89. The monoisotopic (exact) mass is 319 g/mol. The predicted molar refractivity (Wildman–Crippen MR) is 80.6 cm³/mol. The van der Waals surface area contributed by atoms with Crippen molar-refractivity contribution in [1.82, 2.24) is 14.7 Å². The Kier molecular flexibility index (Phi) is 4.04. The summed E-state index contributed by atoms with van der Waals surface area (Å²) in [5.41, 5.74) is 1.05. The first-order valence-corrected chi connectivity index (χ1v) is 7.32. The first-order valence-electron chi connectivity index (χ1n) is 7.32. The summed E-state index contributed by atoms with van der Waals surface area (Å²) < 4.78 is 19.7. The Morgan fingerprint density at radius 2 is 2.09 bits per heavy atom. The number of halogens is 1. The molecule has 1 aromatic carbocycles. The second-order valence-electron chi connectivity index (χ2n) is 5.61. The minimum Gasteiger partial charge on any atom is -0.481 e. The zero-order valence-corrected chi connectivity index (χ0v) is 12.9. The van der Waals surface area contributed by atoms with E-state index in [4.69, 9.17) is 4.74 Å². The molecule has 1 N–H and O–H groups in total. The van der Waals surface area contributed by atoms with Crippen molar-refractivity contribution >= 4 is 5.91 Å². The van der Waals surface area contributed by atoms with Crippen LogP contribution in [0.25, 0.3) is 0 Å². The highest BCUT2D eigenvalue weighted by molar-refractivity contribution is 5.93. The number of ether oxygens (including phenoxy) is 1. The van der Waals surface area contributed by atoms with Crippen LogP contribution in [0.5, 0.6) is 5.88 Å². The summed E-state index contributed by atoms with van der Waals surface area (Å²) in [4.78, 5) is 14.3. The van der Waals surface area contributed by atoms with Crippen LogP contribution in [0.2, 0.25) is 0 Å². The van der Waals surface area contributed by atoms with E-state index in [-0.39, 0.29) is 30.0 Å². The van der Waals surface area contributed by atoms with Gasteiger partial charge in [0.05, 0.1) is 19.3 Å². The summed E-state index contributed by atoms with van der Waals surface area (Å²) in [6.45, 7) is 0.222. The van der Waals surface area contributed by atoms with Gasteiger partial charge in [0.2, 0.25) is 5.88 Å². The van der Waals surface area contributed by atoms with Crippen molar-refractivity contribution < 1.29 is 19.0 Å². The maximum absolute atomic E-state index is 13.1. The second kappa shape index (κ2) is 6.00. The van der Waals surface area contributed by atoms with Crippen molar-refractivity contribution in [2.24, 2.45) is 7.05 Å². The average molecular weight is 319 g/mol. The largest absolute Gasteiger partial charge is 0.481 e. The van der Waals surface area contributed by atoms with E-state index in [1.54, 1.807) is 30.1 Å². The molecule has 122 valence electrons. The Morgan fingerprint density at radius 3 is 2.70 bits per heavy atom. The fourth-order valence-electron chi connectivity index (χ4n) is 2.93. The zero-order chi connectivity index (χ0) is 16.6. The molecule has 0 unspecified atom stereocenters. The topological polar surface area (TPSA) is 67.6 Å². The molecule has 1 aliphatic heterocycles. The number of hydrogen-bond acceptors (Lipinski definition) is 4. The molecular formula is C16H18FN3O3. The van der Waals surface area contributed by atoms with Crippen LogP contribution >= 0.6 is 0 Å². The van der Waals surface area contributed by atoms with Gasteiger partial charge in [-0.25, -0.2) is 9.07 Å². The lowest BCUT2D eigenvalue weighted by atomic mass is 10.0. The Labute approximate surface area is 133 Å². The van der Waals surface area contributed by atoms with Crippen molar-refractivity contribution in [2.45, 2.75) is 18.6 Å². The number of aliphatic hydroxyl groups is 1. The lowest BCUT2D eigenvalue weighted by Crippen LogP contribution is -2.32. The molecule has 0 aliphatic carbocycles. The lowest BCUT2D eigenvalue weighted by molar-refractivity contribution is 0.0709. The van der Waals surface area contributed by atoms with E-state index in [9.17, 15) is 14.3 Å². The van der Waals surface area contributed by atoms with Crippen molar-refractivity contribution in [2.75, 3.05) is 13.7 Å². The first-order chi connectivity index (χ1) is 11.0. The average Bonchev–Trinajstić information content (AvgIpc) is 3.10. The fraction of sp³-hybridized carbons (Fsp3) is 0.375.